The van der Waals surface area contributed by atoms with Gasteiger partial charge in [-0.3, -0.25) is 0 Å². The Balaban J connectivity index is 0.00000162. The monoisotopic (exact) mass is 243 g/mol. The van der Waals surface area contributed by atoms with Crippen LogP contribution in [-0.2, 0) is 5.54 Å². The zero-order chi connectivity index (χ0) is 12.5. The highest BCUT2D eigenvalue weighted by atomic mass is 16.0. The molecule has 4 N–H and O–H groups in total. The number of rotatable bonds is 2. The van der Waals surface area contributed by atoms with E-state index < -0.39 is 5.54 Å². The Labute approximate surface area is 109 Å². The van der Waals surface area contributed by atoms with Gasteiger partial charge in [0.1, 0.15) is 0 Å². The summed E-state index contributed by atoms with van der Waals surface area (Å²) < 4.78 is 0. The predicted molar refractivity (Wildman–Crippen MR) is 76.6 cm³/mol. The molecule has 2 aromatic carbocycles. The molecule has 0 amide bonds. The van der Waals surface area contributed by atoms with Crippen molar-refractivity contribution >= 4 is 0 Å². The summed E-state index contributed by atoms with van der Waals surface area (Å²) in [6, 6.07) is 16.6. The molecule has 18 heavy (non-hydrogen) atoms. The van der Waals surface area contributed by atoms with Crippen LogP contribution in [0.5, 0.6) is 0 Å². The topological polar surface area (TPSA) is 57.5 Å². The second kappa shape index (κ2) is 5.34. The van der Waals surface area contributed by atoms with E-state index in [2.05, 4.69) is 51.1 Å². The molecule has 0 heterocycles. The summed E-state index contributed by atoms with van der Waals surface area (Å²) in [5.74, 6) is 0. The van der Waals surface area contributed by atoms with Crippen LogP contribution in [0.15, 0.2) is 48.5 Å². The van der Waals surface area contributed by atoms with Gasteiger partial charge in [-0.05, 0) is 43.0 Å². The molecule has 0 bridgehead atoms. The van der Waals surface area contributed by atoms with Crippen molar-refractivity contribution in [1.29, 1.82) is 0 Å². The van der Waals surface area contributed by atoms with Crippen LogP contribution in [-0.4, -0.2) is 5.48 Å². The van der Waals surface area contributed by atoms with E-state index in [1.165, 1.54) is 16.7 Å². The number of aryl methyl sites for hydroxylation is 1. The summed E-state index contributed by atoms with van der Waals surface area (Å²) in [4.78, 5) is 0. The fourth-order valence-electron chi connectivity index (χ4n) is 2.25. The molecular formula is C16H21NO. The van der Waals surface area contributed by atoms with Crippen molar-refractivity contribution in [3.05, 3.63) is 70.8 Å². The average Bonchev–Trinajstić information content (AvgIpc) is 2.33. The quantitative estimate of drug-likeness (QED) is 0.866. The molecule has 0 aliphatic carbocycles. The minimum absolute atomic E-state index is 0. The van der Waals surface area contributed by atoms with Crippen LogP contribution in [0.1, 0.15) is 29.2 Å². The van der Waals surface area contributed by atoms with Gasteiger partial charge >= 0.3 is 0 Å². The van der Waals surface area contributed by atoms with Crippen LogP contribution >= 0.6 is 0 Å². The van der Waals surface area contributed by atoms with Gasteiger partial charge in [-0.15, -0.1) is 0 Å². The van der Waals surface area contributed by atoms with Gasteiger partial charge in [-0.1, -0.05) is 48.5 Å². The van der Waals surface area contributed by atoms with Crippen LogP contribution in [0.2, 0.25) is 0 Å². The van der Waals surface area contributed by atoms with Gasteiger partial charge in [0.25, 0.3) is 0 Å². The molecule has 0 radical (unpaired) electrons. The van der Waals surface area contributed by atoms with Gasteiger partial charge < -0.3 is 11.2 Å². The third kappa shape index (κ3) is 2.45. The summed E-state index contributed by atoms with van der Waals surface area (Å²) in [6.45, 7) is 6.34. The first-order valence-electron chi connectivity index (χ1n) is 5.94. The largest absolute Gasteiger partial charge is 0.412 e. The molecule has 0 saturated heterocycles. The summed E-state index contributed by atoms with van der Waals surface area (Å²) in [5, 5.41) is 0. The molecule has 0 spiro atoms. The van der Waals surface area contributed by atoms with Crippen LogP contribution in [0.4, 0.5) is 0 Å². The van der Waals surface area contributed by atoms with Crippen molar-refractivity contribution < 1.29 is 5.48 Å². The third-order valence-electron chi connectivity index (χ3n) is 3.54. The third-order valence-corrected chi connectivity index (χ3v) is 3.54. The predicted octanol–water partition coefficient (Wildman–Crippen LogP) is 2.70. The number of benzene rings is 2. The van der Waals surface area contributed by atoms with E-state index in [4.69, 9.17) is 5.73 Å². The van der Waals surface area contributed by atoms with E-state index in [0.29, 0.717) is 0 Å². The van der Waals surface area contributed by atoms with E-state index in [-0.39, 0.29) is 5.48 Å². The lowest BCUT2D eigenvalue weighted by Crippen LogP contribution is -2.35. The highest BCUT2D eigenvalue weighted by molar-refractivity contribution is 5.44. The summed E-state index contributed by atoms with van der Waals surface area (Å²) in [6.07, 6.45) is 0. The smallest absolute Gasteiger partial charge is 0.0639 e. The molecule has 0 aliphatic heterocycles. The Morgan fingerprint density at radius 1 is 0.889 bits per heavy atom. The second-order valence-electron chi connectivity index (χ2n) is 4.82. The number of hydrogen-bond acceptors (Lipinski definition) is 1. The van der Waals surface area contributed by atoms with E-state index in [1.807, 2.05) is 18.2 Å². The molecule has 2 nitrogen and oxygen atoms in total. The molecule has 0 aliphatic rings. The summed E-state index contributed by atoms with van der Waals surface area (Å²) >= 11 is 0. The van der Waals surface area contributed by atoms with E-state index in [0.717, 1.165) is 5.56 Å². The molecule has 0 aromatic heterocycles. The maximum Gasteiger partial charge on any atom is 0.0639 e. The number of nitrogens with two attached hydrogens (primary N) is 1. The highest BCUT2D eigenvalue weighted by Crippen LogP contribution is 2.29. The van der Waals surface area contributed by atoms with Crippen molar-refractivity contribution in [3.63, 3.8) is 0 Å². The molecule has 96 valence electrons. The minimum Gasteiger partial charge on any atom is -0.412 e. The van der Waals surface area contributed by atoms with Crippen molar-refractivity contribution in [2.45, 2.75) is 26.3 Å². The van der Waals surface area contributed by atoms with E-state index >= 15 is 0 Å². The van der Waals surface area contributed by atoms with Gasteiger partial charge in [0, 0.05) is 0 Å². The average molecular weight is 243 g/mol. The Morgan fingerprint density at radius 3 is 2.11 bits per heavy atom. The Bertz CT molecular complexity index is 518. The zero-order valence-electron chi connectivity index (χ0n) is 11.2. The second-order valence-corrected chi connectivity index (χ2v) is 4.82. The first-order valence-corrected chi connectivity index (χ1v) is 5.94. The van der Waals surface area contributed by atoms with Gasteiger partial charge in [-0.2, -0.15) is 0 Å². The van der Waals surface area contributed by atoms with Gasteiger partial charge in [0.05, 0.1) is 5.54 Å². The maximum absolute atomic E-state index is 6.53. The van der Waals surface area contributed by atoms with Crippen molar-refractivity contribution in [3.8, 4) is 0 Å². The molecule has 2 rings (SSSR count). The SMILES string of the molecule is Cc1cccc(C(C)(N)c2ccccc2)c1C.O. The molecule has 2 heteroatoms. The molecule has 2 aromatic rings. The molecule has 1 atom stereocenters. The molecule has 1 unspecified atom stereocenters. The zero-order valence-corrected chi connectivity index (χ0v) is 11.2. The van der Waals surface area contributed by atoms with E-state index in [9.17, 15) is 0 Å². The van der Waals surface area contributed by atoms with Crippen molar-refractivity contribution in [2.75, 3.05) is 0 Å². The lowest BCUT2D eigenvalue weighted by Gasteiger charge is -2.28. The summed E-state index contributed by atoms with van der Waals surface area (Å²) in [7, 11) is 0. The van der Waals surface area contributed by atoms with E-state index in [1.54, 1.807) is 0 Å². The first kappa shape index (κ1) is 14.4. The highest BCUT2D eigenvalue weighted by Gasteiger charge is 2.25. The Morgan fingerprint density at radius 2 is 1.50 bits per heavy atom. The Hall–Kier alpha value is -1.64. The first-order chi connectivity index (χ1) is 8.03. The minimum atomic E-state index is -0.433. The standard InChI is InChI=1S/C16H19N.H2O/c1-12-8-7-11-15(13(12)2)16(3,17)14-9-5-4-6-10-14;/h4-11H,17H2,1-3H3;1H2. The maximum atomic E-state index is 6.53. The lowest BCUT2D eigenvalue weighted by molar-refractivity contribution is 0.598. The van der Waals surface area contributed by atoms with Crippen molar-refractivity contribution in [1.82, 2.24) is 0 Å². The van der Waals surface area contributed by atoms with Crippen LogP contribution in [0.25, 0.3) is 0 Å². The fraction of sp³-hybridized carbons (Fsp3) is 0.250. The normalized spacial score (nSPS) is 13.6. The van der Waals surface area contributed by atoms with Crippen LogP contribution in [0, 0.1) is 13.8 Å². The molecular weight excluding hydrogens is 222 g/mol. The molecule has 0 saturated carbocycles. The van der Waals surface area contributed by atoms with Gasteiger partial charge in [0.2, 0.25) is 0 Å². The lowest BCUT2D eigenvalue weighted by atomic mass is 9.82. The Kier molecular flexibility index (Phi) is 4.28. The van der Waals surface area contributed by atoms with Gasteiger partial charge in [-0.25, -0.2) is 0 Å². The van der Waals surface area contributed by atoms with Gasteiger partial charge in [0.15, 0.2) is 0 Å². The molecule has 0 fully saturated rings. The van der Waals surface area contributed by atoms with Crippen LogP contribution in [0.3, 0.4) is 0 Å². The fourth-order valence-corrected chi connectivity index (χ4v) is 2.25. The number of hydrogen-bond donors (Lipinski definition) is 1. The van der Waals surface area contributed by atoms with Crippen molar-refractivity contribution in [2.24, 2.45) is 5.73 Å². The summed E-state index contributed by atoms with van der Waals surface area (Å²) in [5.41, 5.74) is 11.0. The van der Waals surface area contributed by atoms with Crippen LogP contribution < -0.4 is 5.73 Å².